The number of likely N-dealkylation sites (N-methyl/N-ethyl adjacent to an activating group) is 1. The number of sulfonamides is 1. The van der Waals surface area contributed by atoms with Crippen LogP contribution in [0.3, 0.4) is 0 Å². The van der Waals surface area contributed by atoms with Gasteiger partial charge in [-0.1, -0.05) is 42.3 Å². The summed E-state index contributed by atoms with van der Waals surface area (Å²) in [4.78, 5) is 14.6. The summed E-state index contributed by atoms with van der Waals surface area (Å²) in [6.45, 7) is 2.14. The zero-order valence-corrected chi connectivity index (χ0v) is 17.7. The zero-order valence-electron chi connectivity index (χ0n) is 15.4. The van der Waals surface area contributed by atoms with Crippen molar-refractivity contribution in [2.24, 2.45) is 0 Å². The number of anilines is 1. The molecule has 1 atom stereocenters. The van der Waals surface area contributed by atoms with E-state index in [2.05, 4.69) is 0 Å². The maximum Gasteiger partial charge on any atom is 0.246 e. The Morgan fingerprint density at radius 1 is 1.00 bits per heavy atom. The van der Waals surface area contributed by atoms with E-state index in [1.807, 2.05) is 12.1 Å². The second kappa shape index (κ2) is 8.95. The molecule has 0 bridgehead atoms. The molecule has 0 aliphatic carbocycles. The van der Waals surface area contributed by atoms with E-state index in [0.29, 0.717) is 28.7 Å². The van der Waals surface area contributed by atoms with Crippen LogP contribution < -0.4 is 4.31 Å². The number of benzene rings is 2. The Morgan fingerprint density at radius 3 is 1.93 bits per heavy atom. The first kappa shape index (κ1) is 21.5. The first-order valence-electron chi connectivity index (χ1n) is 8.38. The highest BCUT2D eigenvalue weighted by atomic mass is 35.5. The molecule has 0 aromatic heterocycles. The minimum atomic E-state index is -3.67. The molecule has 8 heteroatoms. The summed E-state index contributed by atoms with van der Waals surface area (Å²) in [5.41, 5.74) is 1.31. The molecule has 146 valence electrons. The van der Waals surface area contributed by atoms with Gasteiger partial charge in [-0.25, -0.2) is 8.42 Å². The Balaban J connectivity index is 2.30. The fraction of sp³-hybridized carbons (Fsp3) is 0.316. The van der Waals surface area contributed by atoms with E-state index < -0.39 is 16.1 Å². The van der Waals surface area contributed by atoms with E-state index in [4.69, 9.17) is 23.2 Å². The van der Waals surface area contributed by atoms with Gasteiger partial charge in [-0.05, 0) is 48.4 Å². The summed E-state index contributed by atoms with van der Waals surface area (Å²) in [6, 6.07) is 12.7. The summed E-state index contributed by atoms with van der Waals surface area (Å²) < 4.78 is 26.1. The number of rotatable bonds is 7. The van der Waals surface area contributed by atoms with E-state index in [1.165, 1.54) is 4.90 Å². The molecule has 0 N–H and O–H groups in total. The Labute approximate surface area is 170 Å². The van der Waals surface area contributed by atoms with Crippen molar-refractivity contribution in [3.63, 3.8) is 0 Å². The van der Waals surface area contributed by atoms with Gasteiger partial charge < -0.3 is 4.90 Å². The van der Waals surface area contributed by atoms with E-state index in [9.17, 15) is 13.2 Å². The third-order valence-electron chi connectivity index (χ3n) is 4.10. The molecule has 0 aliphatic heterocycles. The zero-order chi connectivity index (χ0) is 20.2. The molecule has 0 unspecified atom stereocenters. The molecular formula is C19H22Cl2N2O3S. The molecule has 0 fully saturated rings. The number of halogens is 2. The lowest BCUT2D eigenvalue weighted by atomic mass is 10.1. The average molecular weight is 429 g/mol. The predicted molar refractivity (Wildman–Crippen MR) is 111 cm³/mol. The van der Waals surface area contributed by atoms with Gasteiger partial charge in [0.15, 0.2) is 0 Å². The van der Waals surface area contributed by atoms with Crippen LogP contribution in [0.2, 0.25) is 10.0 Å². The quantitative estimate of drug-likeness (QED) is 0.663. The van der Waals surface area contributed by atoms with Crippen LogP contribution >= 0.6 is 23.2 Å². The minimum absolute atomic E-state index is 0.284. The highest BCUT2D eigenvalue weighted by Gasteiger charge is 2.33. The van der Waals surface area contributed by atoms with Crippen LogP contribution in [0.15, 0.2) is 48.5 Å². The normalized spacial score (nSPS) is 12.5. The van der Waals surface area contributed by atoms with Crippen LogP contribution in [0.1, 0.15) is 18.9 Å². The van der Waals surface area contributed by atoms with Crippen LogP contribution in [-0.2, 0) is 21.4 Å². The van der Waals surface area contributed by atoms with Gasteiger partial charge in [-0.3, -0.25) is 9.10 Å². The second-order valence-corrected chi connectivity index (χ2v) is 9.01. The molecular weight excluding hydrogens is 407 g/mol. The first-order valence-corrected chi connectivity index (χ1v) is 11.0. The van der Waals surface area contributed by atoms with Gasteiger partial charge >= 0.3 is 0 Å². The maximum atomic E-state index is 13.0. The Morgan fingerprint density at radius 2 is 1.48 bits per heavy atom. The largest absolute Gasteiger partial charge is 0.340 e. The van der Waals surface area contributed by atoms with Crippen molar-refractivity contribution in [1.82, 2.24) is 4.90 Å². The first-order chi connectivity index (χ1) is 12.6. The van der Waals surface area contributed by atoms with Gasteiger partial charge in [0, 0.05) is 23.6 Å². The number of amides is 1. The highest BCUT2D eigenvalue weighted by molar-refractivity contribution is 7.92. The average Bonchev–Trinajstić information content (AvgIpc) is 2.61. The summed E-state index contributed by atoms with van der Waals surface area (Å²) >= 11 is 11.8. The van der Waals surface area contributed by atoms with Crippen LogP contribution in [0.25, 0.3) is 0 Å². The topological polar surface area (TPSA) is 57.7 Å². The summed E-state index contributed by atoms with van der Waals surface area (Å²) in [5, 5.41) is 1.11. The lowest BCUT2D eigenvalue weighted by Gasteiger charge is -2.33. The van der Waals surface area contributed by atoms with Crippen LogP contribution in [0.5, 0.6) is 0 Å². The fourth-order valence-corrected chi connectivity index (χ4v) is 4.29. The molecule has 27 heavy (non-hydrogen) atoms. The van der Waals surface area contributed by atoms with Gasteiger partial charge in [0.1, 0.15) is 6.04 Å². The molecule has 2 aromatic rings. The van der Waals surface area contributed by atoms with Crippen molar-refractivity contribution in [2.45, 2.75) is 25.9 Å². The molecule has 2 rings (SSSR count). The highest BCUT2D eigenvalue weighted by Crippen LogP contribution is 2.25. The Hall–Kier alpha value is -1.76. The molecule has 0 spiro atoms. The molecule has 0 aliphatic rings. The monoisotopic (exact) mass is 428 g/mol. The number of carbonyl (C=O) groups is 1. The Bertz CT molecular complexity index is 884. The standard InChI is InChI=1S/C19H22Cl2N2O3S/c1-4-18(19(24)22(2)13-14-5-7-15(20)8-6-14)23(27(3,25)26)17-11-9-16(21)10-12-17/h5-12,18H,4,13H2,1-3H3/t18-/m0/s1. The number of nitrogens with zero attached hydrogens (tertiary/aromatic N) is 2. The van der Waals surface area contributed by atoms with Crippen molar-refractivity contribution in [2.75, 3.05) is 17.6 Å². The van der Waals surface area contributed by atoms with Crippen LogP contribution in [0, 0.1) is 0 Å². The lowest BCUT2D eigenvalue weighted by Crippen LogP contribution is -2.49. The smallest absolute Gasteiger partial charge is 0.246 e. The fourth-order valence-electron chi connectivity index (χ4n) is 2.83. The van der Waals surface area contributed by atoms with Crippen molar-refractivity contribution < 1.29 is 13.2 Å². The summed E-state index contributed by atoms with van der Waals surface area (Å²) in [7, 11) is -2.02. The SMILES string of the molecule is CC[C@@H](C(=O)N(C)Cc1ccc(Cl)cc1)N(c1ccc(Cl)cc1)S(C)(=O)=O. The molecule has 0 saturated carbocycles. The van der Waals surface area contributed by atoms with Crippen molar-refractivity contribution in [3.05, 3.63) is 64.1 Å². The maximum absolute atomic E-state index is 13.0. The lowest BCUT2D eigenvalue weighted by molar-refractivity contribution is -0.131. The van der Waals surface area contributed by atoms with Gasteiger partial charge in [-0.2, -0.15) is 0 Å². The van der Waals surface area contributed by atoms with Gasteiger partial charge in [0.05, 0.1) is 11.9 Å². The van der Waals surface area contributed by atoms with E-state index in [-0.39, 0.29) is 5.91 Å². The van der Waals surface area contributed by atoms with Crippen molar-refractivity contribution in [1.29, 1.82) is 0 Å². The van der Waals surface area contributed by atoms with Gasteiger partial charge in [0.25, 0.3) is 0 Å². The van der Waals surface area contributed by atoms with E-state index >= 15 is 0 Å². The van der Waals surface area contributed by atoms with Crippen LogP contribution in [-0.4, -0.2) is 38.6 Å². The summed E-state index contributed by atoms with van der Waals surface area (Å²) in [6.07, 6.45) is 1.43. The molecule has 1 amide bonds. The van der Waals surface area contributed by atoms with E-state index in [1.54, 1.807) is 50.4 Å². The molecule has 0 radical (unpaired) electrons. The number of hydrogen-bond donors (Lipinski definition) is 0. The third kappa shape index (κ3) is 5.61. The molecule has 0 saturated heterocycles. The predicted octanol–water partition coefficient (Wildman–Crippen LogP) is 4.20. The molecule has 2 aromatic carbocycles. The van der Waals surface area contributed by atoms with Crippen molar-refractivity contribution >= 4 is 44.8 Å². The molecule has 5 nitrogen and oxygen atoms in total. The second-order valence-electron chi connectivity index (χ2n) is 6.28. The minimum Gasteiger partial charge on any atom is -0.340 e. The molecule has 0 heterocycles. The van der Waals surface area contributed by atoms with Gasteiger partial charge in [-0.15, -0.1) is 0 Å². The third-order valence-corrected chi connectivity index (χ3v) is 5.79. The van der Waals surface area contributed by atoms with Gasteiger partial charge in [0.2, 0.25) is 15.9 Å². The van der Waals surface area contributed by atoms with Crippen molar-refractivity contribution in [3.8, 4) is 0 Å². The Kier molecular flexibility index (Phi) is 7.14. The van der Waals surface area contributed by atoms with E-state index in [0.717, 1.165) is 16.1 Å². The summed E-state index contributed by atoms with van der Waals surface area (Å²) in [5.74, 6) is -0.284. The van der Waals surface area contributed by atoms with Crippen LogP contribution in [0.4, 0.5) is 5.69 Å². The number of hydrogen-bond acceptors (Lipinski definition) is 3. The number of carbonyl (C=O) groups excluding carboxylic acids is 1.